The maximum atomic E-state index is 12.4. The van der Waals surface area contributed by atoms with Crippen LogP contribution in [0, 0.1) is 17.8 Å². The number of aliphatic hydroxyl groups is 1. The minimum atomic E-state index is -0.175. The van der Waals surface area contributed by atoms with Gasteiger partial charge in [0.05, 0.1) is 0 Å². The second-order valence-corrected chi connectivity index (χ2v) is 5.68. The van der Waals surface area contributed by atoms with Gasteiger partial charge in [-0.3, -0.25) is 4.79 Å². The number of hydrogen-bond acceptors (Lipinski definition) is 3. The zero-order valence-electron chi connectivity index (χ0n) is 11.2. The number of likely N-dealkylation sites (tertiary alicyclic amines) is 1. The van der Waals surface area contributed by atoms with Crippen LogP contribution in [-0.4, -0.2) is 35.6 Å². The second kappa shape index (κ2) is 6.74. The third-order valence-electron chi connectivity index (χ3n) is 3.64. The van der Waals surface area contributed by atoms with Crippen molar-refractivity contribution in [3.63, 3.8) is 0 Å². The molecule has 1 aliphatic rings. The number of piperidine rings is 1. The van der Waals surface area contributed by atoms with E-state index in [0.29, 0.717) is 4.88 Å². The van der Waals surface area contributed by atoms with E-state index in [0.717, 1.165) is 37.4 Å². The summed E-state index contributed by atoms with van der Waals surface area (Å²) in [5.41, 5.74) is 0.738. The number of carbonyl (C=O) groups excluding carboxylic acids is 1. The lowest BCUT2D eigenvalue weighted by molar-refractivity contribution is 0.0693. The highest BCUT2D eigenvalue weighted by Crippen LogP contribution is 2.24. The van der Waals surface area contributed by atoms with Crippen LogP contribution in [0.25, 0.3) is 0 Å². The van der Waals surface area contributed by atoms with Crippen molar-refractivity contribution >= 4 is 17.2 Å². The molecule has 0 aliphatic carbocycles. The number of amides is 1. The number of thiophene rings is 1. The molecular weight excluding hydrogens is 258 g/mol. The SMILES string of the molecule is CCC1CCN(C(=O)c2sccc2C#CCO)CC1. The van der Waals surface area contributed by atoms with E-state index in [1.165, 1.54) is 17.8 Å². The van der Waals surface area contributed by atoms with Gasteiger partial charge in [-0.2, -0.15) is 0 Å². The zero-order chi connectivity index (χ0) is 13.7. The predicted octanol–water partition coefficient (Wildman–Crippen LogP) is 2.35. The number of rotatable bonds is 2. The van der Waals surface area contributed by atoms with Gasteiger partial charge in [0.15, 0.2) is 0 Å². The molecule has 3 nitrogen and oxygen atoms in total. The number of carbonyl (C=O) groups is 1. The molecule has 1 amide bonds. The number of aliphatic hydroxyl groups excluding tert-OH is 1. The van der Waals surface area contributed by atoms with E-state index >= 15 is 0 Å². The van der Waals surface area contributed by atoms with Gasteiger partial charge in [0.2, 0.25) is 0 Å². The topological polar surface area (TPSA) is 40.5 Å². The average molecular weight is 277 g/mol. The molecule has 2 heterocycles. The molecule has 1 aliphatic heterocycles. The smallest absolute Gasteiger partial charge is 0.265 e. The predicted molar refractivity (Wildman–Crippen MR) is 77.2 cm³/mol. The van der Waals surface area contributed by atoms with E-state index in [9.17, 15) is 4.79 Å². The van der Waals surface area contributed by atoms with Crippen LogP contribution < -0.4 is 0 Å². The summed E-state index contributed by atoms with van der Waals surface area (Å²) in [6.07, 6.45) is 3.41. The minimum absolute atomic E-state index is 0.0896. The van der Waals surface area contributed by atoms with Gasteiger partial charge in [0.1, 0.15) is 11.5 Å². The number of nitrogens with zero attached hydrogens (tertiary/aromatic N) is 1. The molecule has 1 aromatic heterocycles. The standard InChI is InChI=1S/C15H19NO2S/c1-2-12-5-8-16(9-6-12)15(18)14-13(4-3-10-17)7-11-19-14/h7,11-12,17H,2,5-6,8-10H2,1H3. The van der Waals surface area contributed by atoms with Crippen LogP contribution in [0.2, 0.25) is 0 Å². The van der Waals surface area contributed by atoms with Crippen LogP contribution in [0.1, 0.15) is 41.4 Å². The van der Waals surface area contributed by atoms with Crippen molar-refractivity contribution in [3.8, 4) is 11.8 Å². The minimum Gasteiger partial charge on any atom is -0.384 e. The lowest BCUT2D eigenvalue weighted by Crippen LogP contribution is -2.38. The molecule has 1 fully saturated rings. The highest BCUT2D eigenvalue weighted by Gasteiger charge is 2.24. The van der Waals surface area contributed by atoms with Crippen molar-refractivity contribution in [2.75, 3.05) is 19.7 Å². The van der Waals surface area contributed by atoms with Crippen molar-refractivity contribution in [3.05, 3.63) is 21.9 Å². The molecule has 0 saturated carbocycles. The zero-order valence-corrected chi connectivity index (χ0v) is 12.0. The first-order valence-corrected chi connectivity index (χ1v) is 7.60. The van der Waals surface area contributed by atoms with E-state index < -0.39 is 0 Å². The third kappa shape index (κ3) is 3.37. The van der Waals surface area contributed by atoms with Gasteiger partial charge in [0.25, 0.3) is 5.91 Å². The lowest BCUT2D eigenvalue weighted by Gasteiger charge is -2.31. The van der Waals surface area contributed by atoms with E-state index in [1.54, 1.807) is 0 Å². The third-order valence-corrected chi connectivity index (χ3v) is 4.54. The molecule has 102 valence electrons. The molecule has 0 unspecified atom stereocenters. The van der Waals surface area contributed by atoms with E-state index in [2.05, 4.69) is 18.8 Å². The van der Waals surface area contributed by atoms with Crippen LogP contribution >= 0.6 is 11.3 Å². The monoisotopic (exact) mass is 277 g/mol. The van der Waals surface area contributed by atoms with Crippen molar-refractivity contribution in [2.45, 2.75) is 26.2 Å². The van der Waals surface area contributed by atoms with Gasteiger partial charge < -0.3 is 10.0 Å². The summed E-state index contributed by atoms with van der Waals surface area (Å²) in [7, 11) is 0. The van der Waals surface area contributed by atoms with Crippen LogP contribution in [0.4, 0.5) is 0 Å². The fourth-order valence-electron chi connectivity index (χ4n) is 2.40. The summed E-state index contributed by atoms with van der Waals surface area (Å²) >= 11 is 1.43. The van der Waals surface area contributed by atoms with Gasteiger partial charge in [-0.1, -0.05) is 25.2 Å². The molecule has 0 spiro atoms. The van der Waals surface area contributed by atoms with Gasteiger partial charge in [-0.05, 0) is 30.2 Å². The first-order valence-electron chi connectivity index (χ1n) is 6.72. The molecule has 0 atom stereocenters. The average Bonchev–Trinajstić information content (AvgIpc) is 2.92. The molecule has 0 radical (unpaired) electrons. The van der Waals surface area contributed by atoms with E-state index in [-0.39, 0.29) is 12.5 Å². The van der Waals surface area contributed by atoms with Crippen molar-refractivity contribution in [1.29, 1.82) is 0 Å². The summed E-state index contributed by atoms with van der Waals surface area (Å²) in [6, 6.07) is 1.85. The van der Waals surface area contributed by atoms with Gasteiger partial charge >= 0.3 is 0 Å². The Morgan fingerprint density at radius 3 is 2.89 bits per heavy atom. The van der Waals surface area contributed by atoms with Gasteiger partial charge in [0, 0.05) is 18.7 Å². The lowest BCUT2D eigenvalue weighted by atomic mass is 9.94. The van der Waals surface area contributed by atoms with E-state index in [4.69, 9.17) is 5.11 Å². The molecule has 2 rings (SSSR count). The fraction of sp³-hybridized carbons (Fsp3) is 0.533. The Morgan fingerprint density at radius 2 is 2.26 bits per heavy atom. The van der Waals surface area contributed by atoms with Crippen LogP contribution in [0.5, 0.6) is 0 Å². The summed E-state index contributed by atoms with van der Waals surface area (Å²) in [6.45, 7) is 3.74. The number of hydrogen-bond donors (Lipinski definition) is 1. The van der Waals surface area contributed by atoms with Crippen molar-refractivity contribution in [2.24, 2.45) is 5.92 Å². The Hall–Kier alpha value is -1.31. The summed E-state index contributed by atoms with van der Waals surface area (Å²) in [4.78, 5) is 15.1. The summed E-state index contributed by atoms with van der Waals surface area (Å²) in [5, 5.41) is 10.6. The highest BCUT2D eigenvalue weighted by molar-refractivity contribution is 7.12. The van der Waals surface area contributed by atoms with Crippen LogP contribution in [0.3, 0.4) is 0 Å². The molecule has 19 heavy (non-hydrogen) atoms. The molecule has 1 N–H and O–H groups in total. The second-order valence-electron chi connectivity index (χ2n) is 4.77. The molecule has 1 saturated heterocycles. The Bertz CT molecular complexity index is 490. The highest BCUT2D eigenvalue weighted by atomic mass is 32.1. The summed E-state index contributed by atoms with van der Waals surface area (Å²) < 4.78 is 0. The first-order chi connectivity index (χ1) is 9.26. The Morgan fingerprint density at radius 1 is 1.53 bits per heavy atom. The Kier molecular flexibility index (Phi) is 5.00. The molecule has 0 bridgehead atoms. The van der Waals surface area contributed by atoms with Crippen molar-refractivity contribution < 1.29 is 9.90 Å². The molecule has 1 aromatic rings. The van der Waals surface area contributed by atoms with Crippen LogP contribution in [0.15, 0.2) is 11.4 Å². The molecule has 4 heteroatoms. The van der Waals surface area contributed by atoms with Gasteiger partial charge in [-0.15, -0.1) is 11.3 Å². The Labute approximate surface area is 118 Å². The largest absolute Gasteiger partial charge is 0.384 e. The van der Waals surface area contributed by atoms with Crippen molar-refractivity contribution in [1.82, 2.24) is 4.90 Å². The Balaban J connectivity index is 2.06. The molecule has 0 aromatic carbocycles. The molecular formula is C15H19NO2S. The maximum Gasteiger partial charge on any atom is 0.265 e. The van der Waals surface area contributed by atoms with Gasteiger partial charge in [-0.25, -0.2) is 0 Å². The van der Waals surface area contributed by atoms with Crippen LogP contribution in [-0.2, 0) is 0 Å². The normalized spacial score (nSPS) is 16.0. The maximum absolute atomic E-state index is 12.4. The quantitative estimate of drug-likeness (QED) is 0.843. The van der Waals surface area contributed by atoms with E-state index in [1.807, 2.05) is 16.3 Å². The first kappa shape index (κ1) is 14.1. The fourth-order valence-corrected chi connectivity index (χ4v) is 3.21. The summed E-state index contributed by atoms with van der Waals surface area (Å²) in [5.74, 6) is 6.31.